The second kappa shape index (κ2) is 12.3. The van der Waals surface area contributed by atoms with Gasteiger partial charge in [-0.15, -0.1) is 0 Å². The minimum Gasteiger partial charge on any atom is -0.340 e. The highest BCUT2D eigenvalue weighted by Gasteiger charge is 2.25. The predicted octanol–water partition coefficient (Wildman–Crippen LogP) is 8.89. The van der Waals surface area contributed by atoms with E-state index in [1.807, 2.05) is 54.7 Å². The van der Waals surface area contributed by atoms with Gasteiger partial charge in [-0.2, -0.15) is 0 Å². The van der Waals surface area contributed by atoms with Crippen molar-refractivity contribution in [3.63, 3.8) is 0 Å². The van der Waals surface area contributed by atoms with E-state index in [4.69, 9.17) is 22.4 Å². The van der Waals surface area contributed by atoms with Crippen LogP contribution < -0.4 is 16.2 Å². The minimum absolute atomic E-state index is 0.162. The molecule has 0 saturated heterocycles. The Morgan fingerprint density at radius 1 is 1.02 bits per heavy atom. The Hall–Kier alpha value is -4.19. The van der Waals surface area contributed by atoms with Crippen LogP contribution in [0.2, 0.25) is 5.02 Å². The lowest BCUT2D eigenvalue weighted by molar-refractivity contribution is 0.627. The maximum Gasteiger partial charge on any atom is 0.123 e. The van der Waals surface area contributed by atoms with Gasteiger partial charge in [0.15, 0.2) is 0 Å². The molecular weight excluding hydrogens is 519 g/mol. The summed E-state index contributed by atoms with van der Waals surface area (Å²) in [6.45, 7) is 9.09. The topological polar surface area (TPSA) is 54.2 Å². The molecule has 40 heavy (non-hydrogen) atoms. The van der Waals surface area contributed by atoms with Crippen LogP contribution in [0.5, 0.6) is 0 Å². The Labute approximate surface area is 240 Å². The normalized spacial score (nSPS) is 13.4. The first kappa shape index (κ1) is 27.4. The van der Waals surface area contributed by atoms with Crippen molar-refractivity contribution in [1.82, 2.24) is 4.98 Å². The van der Waals surface area contributed by atoms with Gasteiger partial charge in [-0.05, 0) is 108 Å². The van der Waals surface area contributed by atoms with Gasteiger partial charge in [0.25, 0.3) is 0 Å². The number of rotatable bonds is 9. The zero-order valence-corrected chi connectivity index (χ0v) is 23.0. The molecule has 1 aromatic heterocycles. The molecule has 0 spiro atoms. The number of aromatic nitrogens is 1. The van der Waals surface area contributed by atoms with Gasteiger partial charge < -0.3 is 10.3 Å². The molecule has 4 aromatic rings. The molecule has 0 aliphatic heterocycles. The number of nitrogens with two attached hydrogens (primary N) is 1. The third-order valence-corrected chi connectivity index (χ3v) is 7.30. The molecule has 6 rings (SSSR count). The van der Waals surface area contributed by atoms with Crippen LogP contribution in [0, 0.1) is 11.7 Å². The van der Waals surface area contributed by atoms with E-state index in [9.17, 15) is 4.39 Å². The third kappa shape index (κ3) is 6.87. The number of halogens is 2. The van der Waals surface area contributed by atoms with E-state index < -0.39 is 0 Å². The van der Waals surface area contributed by atoms with E-state index in [0.29, 0.717) is 0 Å². The van der Waals surface area contributed by atoms with Crippen LogP contribution in [0.25, 0.3) is 17.2 Å². The van der Waals surface area contributed by atoms with Gasteiger partial charge in [-0.25, -0.2) is 4.39 Å². The Bertz CT molecular complexity index is 1520. The van der Waals surface area contributed by atoms with Crippen LogP contribution >= 0.6 is 11.6 Å². The summed E-state index contributed by atoms with van der Waals surface area (Å²) in [5.41, 5.74) is 11.8. The van der Waals surface area contributed by atoms with E-state index in [1.165, 1.54) is 30.5 Å². The molecule has 0 unspecified atom stereocenters. The summed E-state index contributed by atoms with van der Waals surface area (Å²) >= 11 is 6.08. The van der Waals surface area contributed by atoms with Crippen LogP contribution in [0.4, 0.5) is 21.5 Å². The molecule has 0 amide bonds. The second-order valence-corrected chi connectivity index (χ2v) is 10.4. The molecule has 1 saturated carbocycles. The molecule has 4 nitrogen and oxygen atoms in total. The molecular formula is C34H32ClFN4. The highest BCUT2D eigenvalue weighted by atomic mass is 35.5. The number of allylic oxidation sites excluding steroid dienone is 2. The fourth-order valence-corrected chi connectivity index (χ4v) is 4.54. The Morgan fingerprint density at radius 3 is 2.30 bits per heavy atom. The van der Waals surface area contributed by atoms with Gasteiger partial charge in [0.1, 0.15) is 5.82 Å². The highest BCUT2D eigenvalue weighted by molar-refractivity contribution is 6.30. The number of hydrazine groups is 1. The summed E-state index contributed by atoms with van der Waals surface area (Å²) in [7, 11) is 0. The van der Waals surface area contributed by atoms with E-state index in [1.54, 1.807) is 6.08 Å². The summed E-state index contributed by atoms with van der Waals surface area (Å²) in [4.78, 5) is 7.02. The second-order valence-electron chi connectivity index (χ2n) is 10.0. The zero-order chi connectivity index (χ0) is 28.1. The molecule has 2 aliphatic carbocycles. The van der Waals surface area contributed by atoms with Gasteiger partial charge in [-0.3, -0.25) is 10.8 Å². The van der Waals surface area contributed by atoms with Gasteiger partial charge >= 0.3 is 0 Å². The number of anilines is 3. The average molecular weight is 551 g/mol. The fraction of sp³-hybridized carbons (Fsp3) is 0.147. The van der Waals surface area contributed by atoms with Crippen molar-refractivity contribution < 1.29 is 4.39 Å². The van der Waals surface area contributed by atoms with Gasteiger partial charge in [0, 0.05) is 22.8 Å². The van der Waals surface area contributed by atoms with E-state index >= 15 is 0 Å². The number of nitrogen functional groups attached to an aromatic ring is 1. The minimum atomic E-state index is -0.162. The lowest BCUT2D eigenvalue weighted by atomic mass is 10.0. The van der Waals surface area contributed by atoms with Gasteiger partial charge in [-0.1, -0.05) is 55.1 Å². The number of pyridine rings is 1. The van der Waals surface area contributed by atoms with Crippen LogP contribution in [0.3, 0.4) is 0 Å². The molecule has 0 atom stereocenters. The smallest absolute Gasteiger partial charge is 0.123 e. The Balaban J connectivity index is 0.000000269. The van der Waals surface area contributed by atoms with E-state index in [0.717, 1.165) is 68.9 Å². The molecule has 2 aliphatic rings. The van der Waals surface area contributed by atoms with Crippen molar-refractivity contribution in [3.8, 4) is 0 Å². The van der Waals surface area contributed by atoms with Crippen LogP contribution in [-0.4, -0.2) is 11.5 Å². The maximum atomic E-state index is 12.4. The van der Waals surface area contributed by atoms with Crippen LogP contribution in [0.1, 0.15) is 41.6 Å². The summed E-state index contributed by atoms with van der Waals surface area (Å²) in [5, 5.41) is 0.740. The quantitative estimate of drug-likeness (QED) is 0.161. The summed E-state index contributed by atoms with van der Waals surface area (Å²) in [5.74, 6) is 6.14. The van der Waals surface area contributed by atoms with Gasteiger partial charge in [0.05, 0.1) is 23.3 Å². The third-order valence-electron chi connectivity index (χ3n) is 7.04. The monoisotopic (exact) mass is 550 g/mol. The predicted molar refractivity (Wildman–Crippen MR) is 167 cm³/mol. The van der Waals surface area contributed by atoms with Gasteiger partial charge in [0.2, 0.25) is 0 Å². The van der Waals surface area contributed by atoms with E-state index in [2.05, 4.69) is 47.8 Å². The van der Waals surface area contributed by atoms with Crippen molar-refractivity contribution >= 4 is 45.9 Å². The van der Waals surface area contributed by atoms with Crippen molar-refractivity contribution in [3.05, 3.63) is 138 Å². The number of hydrogen-bond donors (Lipinski definition) is 2. The highest BCUT2D eigenvalue weighted by Crippen LogP contribution is 2.36. The van der Waals surface area contributed by atoms with Crippen LogP contribution in [-0.2, 0) is 0 Å². The van der Waals surface area contributed by atoms with Crippen LogP contribution in [0.15, 0.2) is 104 Å². The first-order chi connectivity index (χ1) is 19.4. The number of nitrogens with zero attached hydrogens (tertiary/aromatic N) is 2. The average Bonchev–Trinajstić information content (AvgIpc) is 3.92. The van der Waals surface area contributed by atoms with Crippen molar-refractivity contribution in [2.75, 3.05) is 16.9 Å². The molecule has 1 fully saturated rings. The molecule has 3 aromatic carbocycles. The molecule has 202 valence electrons. The number of benzene rings is 3. The largest absolute Gasteiger partial charge is 0.340 e. The summed E-state index contributed by atoms with van der Waals surface area (Å²) < 4.78 is 12.4. The Kier molecular flexibility index (Phi) is 8.44. The molecule has 3 N–H and O–H groups in total. The SMILES string of the molecule is C=Cc1cc(C(=C)c2ccc(N(CC3CC3)c3ccc(Cl)cc3)cn2)ccc1NN.Fc1ccc(C2=CC2)cc1. The number of hydrogen-bond acceptors (Lipinski definition) is 4. The fourth-order valence-electron chi connectivity index (χ4n) is 4.41. The zero-order valence-electron chi connectivity index (χ0n) is 22.3. The summed E-state index contributed by atoms with van der Waals surface area (Å²) in [6, 6.07) is 24.6. The first-order valence-corrected chi connectivity index (χ1v) is 13.7. The molecule has 0 bridgehead atoms. The first-order valence-electron chi connectivity index (χ1n) is 13.3. The lowest BCUT2D eigenvalue weighted by Crippen LogP contribution is -2.20. The van der Waals surface area contributed by atoms with Crippen molar-refractivity contribution in [1.29, 1.82) is 0 Å². The standard InChI is InChI=1S/C25H25ClN4.C9H7F/c1-3-19-14-20(6-12-25(19)29-27)17(2)24-13-11-23(15-28-24)30(16-18-4-5-18)22-9-7-21(26)8-10-22;10-9-5-3-8(4-6-9)7-1-2-7/h3,6-15,18,29H,1-2,4-5,16,27H2;1,3-6H,2H2. The maximum absolute atomic E-state index is 12.4. The summed E-state index contributed by atoms with van der Waals surface area (Å²) in [6.07, 6.45) is 9.46. The number of nitrogens with one attached hydrogen (secondary N) is 1. The van der Waals surface area contributed by atoms with Crippen molar-refractivity contribution in [2.24, 2.45) is 11.8 Å². The lowest BCUT2D eigenvalue weighted by Gasteiger charge is -2.25. The Morgan fingerprint density at radius 2 is 1.73 bits per heavy atom. The van der Waals surface area contributed by atoms with Crippen molar-refractivity contribution in [2.45, 2.75) is 19.3 Å². The molecule has 0 radical (unpaired) electrons. The molecule has 6 heteroatoms. The molecule has 1 heterocycles. The van der Waals surface area contributed by atoms with E-state index in [-0.39, 0.29) is 5.82 Å².